The van der Waals surface area contributed by atoms with Crippen LogP contribution in [0, 0.1) is 22.5 Å². The second-order valence-electron chi connectivity index (χ2n) is 6.24. The molecule has 0 saturated carbocycles. The van der Waals surface area contributed by atoms with Crippen molar-refractivity contribution in [2.45, 2.75) is 6.54 Å². The summed E-state index contributed by atoms with van der Waals surface area (Å²) in [6, 6.07) is 4.48. The number of furan rings is 1. The van der Waals surface area contributed by atoms with Gasteiger partial charge in [-0.05, 0) is 29.8 Å². The highest BCUT2D eigenvalue weighted by atomic mass is 35.5. The van der Waals surface area contributed by atoms with Crippen LogP contribution >= 0.6 is 11.6 Å². The zero-order valence-corrected chi connectivity index (χ0v) is 17.2. The highest BCUT2D eigenvalue weighted by Gasteiger charge is 2.34. The van der Waals surface area contributed by atoms with Crippen LogP contribution in [0.1, 0.15) is 21.9 Å². The monoisotopic (exact) mass is 459 g/mol. The number of hydrogen-bond donors (Lipinski definition) is 1. The number of halogens is 1. The molecule has 1 saturated heterocycles. The van der Waals surface area contributed by atoms with Crippen molar-refractivity contribution in [1.29, 1.82) is 0 Å². The largest absolute Gasteiger partial charge is 0.473 e. The Labute approximate surface area is 185 Å². The third-order valence-corrected chi connectivity index (χ3v) is 4.46. The number of carbonyl (C=O) groups excluding carboxylic acids is 3. The average Bonchev–Trinajstić information content (AvgIpc) is 3.32. The number of rotatable bonds is 7. The Kier molecular flexibility index (Phi) is 6.46. The minimum Gasteiger partial charge on any atom is -0.473 e. The number of benzene rings is 1. The van der Waals surface area contributed by atoms with Gasteiger partial charge in [-0.15, -0.1) is 6.42 Å². The van der Waals surface area contributed by atoms with E-state index in [2.05, 4.69) is 16.0 Å². The Hall–Kier alpha value is -4.30. The number of hydrogen-bond acceptors (Lipinski definition) is 8. The molecule has 1 aromatic carbocycles. The highest BCUT2D eigenvalue weighted by molar-refractivity contribution is 6.32. The van der Waals surface area contributed by atoms with Gasteiger partial charge in [0.1, 0.15) is 18.1 Å². The number of ether oxygens (including phenoxy) is 2. The second kappa shape index (κ2) is 9.23. The standard InChI is InChI=1S/C20H14ClN3O8/c1-3-6-31-17-13(21)7-11(9-15(17)24(28)29)8-14-18(25)23(20(27)22-14)10-12-4-5-16(32-12)19(26)30-2/h1,4-5,7-9H,6,10H2,2H3,(H,22,27). The summed E-state index contributed by atoms with van der Waals surface area (Å²) in [6.45, 7) is -0.478. The molecule has 0 atom stereocenters. The maximum atomic E-state index is 12.7. The van der Waals surface area contributed by atoms with Crippen molar-refractivity contribution in [2.24, 2.45) is 0 Å². The molecule has 0 bridgehead atoms. The molecule has 0 spiro atoms. The Morgan fingerprint density at radius 3 is 2.81 bits per heavy atom. The van der Waals surface area contributed by atoms with E-state index in [0.29, 0.717) is 0 Å². The van der Waals surface area contributed by atoms with Gasteiger partial charge in [-0.25, -0.2) is 9.59 Å². The molecule has 1 N–H and O–H groups in total. The summed E-state index contributed by atoms with van der Waals surface area (Å²) in [5.41, 5.74) is -0.428. The fourth-order valence-corrected chi connectivity index (χ4v) is 3.06. The minimum atomic E-state index is -0.744. The second-order valence-corrected chi connectivity index (χ2v) is 6.65. The lowest BCUT2D eigenvalue weighted by molar-refractivity contribution is -0.385. The molecule has 1 aliphatic heterocycles. The van der Waals surface area contributed by atoms with Crippen molar-refractivity contribution in [3.63, 3.8) is 0 Å². The van der Waals surface area contributed by atoms with Gasteiger partial charge in [-0.2, -0.15) is 0 Å². The summed E-state index contributed by atoms with van der Waals surface area (Å²) in [6.07, 6.45) is 6.33. The summed E-state index contributed by atoms with van der Waals surface area (Å²) in [4.78, 5) is 47.9. The molecule has 32 heavy (non-hydrogen) atoms. The molecular weight excluding hydrogens is 446 g/mol. The molecule has 2 aromatic rings. The molecular formula is C20H14ClN3O8. The molecule has 11 nitrogen and oxygen atoms in total. The van der Waals surface area contributed by atoms with Crippen molar-refractivity contribution in [3.8, 4) is 18.1 Å². The molecule has 12 heteroatoms. The van der Waals surface area contributed by atoms with Gasteiger partial charge in [0.25, 0.3) is 5.91 Å². The van der Waals surface area contributed by atoms with Crippen molar-refractivity contribution in [2.75, 3.05) is 13.7 Å². The van der Waals surface area contributed by atoms with Gasteiger partial charge >= 0.3 is 17.7 Å². The number of methoxy groups -OCH3 is 1. The molecule has 3 amide bonds. The van der Waals surface area contributed by atoms with Crippen LogP contribution in [0.3, 0.4) is 0 Å². The quantitative estimate of drug-likeness (QED) is 0.166. The molecule has 0 unspecified atom stereocenters. The van der Waals surface area contributed by atoms with Crippen molar-refractivity contribution in [3.05, 3.63) is 62.2 Å². The number of nitrogens with zero attached hydrogens (tertiary/aromatic N) is 2. The first-order valence-electron chi connectivity index (χ1n) is 8.81. The Bertz CT molecular complexity index is 1190. The van der Waals surface area contributed by atoms with Crippen molar-refractivity contribution < 1.29 is 33.2 Å². The van der Waals surface area contributed by atoms with Crippen LogP contribution in [0.4, 0.5) is 10.5 Å². The summed E-state index contributed by atoms with van der Waals surface area (Å²) >= 11 is 6.08. The van der Waals surface area contributed by atoms with Crippen molar-refractivity contribution in [1.82, 2.24) is 10.2 Å². The topological polar surface area (TPSA) is 141 Å². The van der Waals surface area contributed by atoms with Gasteiger partial charge in [-0.3, -0.25) is 19.8 Å². The molecule has 0 aliphatic carbocycles. The van der Waals surface area contributed by atoms with Gasteiger partial charge < -0.3 is 19.2 Å². The predicted octanol–water partition coefficient (Wildman–Crippen LogP) is 2.73. The third kappa shape index (κ3) is 4.55. The van der Waals surface area contributed by atoms with E-state index in [0.717, 1.165) is 11.0 Å². The molecule has 3 rings (SSSR count). The van der Waals surface area contributed by atoms with Gasteiger partial charge in [0.05, 0.1) is 23.6 Å². The maximum Gasteiger partial charge on any atom is 0.373 e. The van der Waals surface area contributed by atoms with Crippen LogP contribution in [0.15, 0.2) is 34.4 Å². The fraction of sp³-hybridized carbons (Fsp3) is 0.150. The van der Waals surface area contributed by atoms with E-state index in [1.807, 2.05) is 0 Å². The average molecular weight is 460 g/mol. The van der Waals surface area contributed by atoms with Gasteiger partial charge in [0, 0.05) is 6.07 Å². The third-order valence-electron chi connectivity index (χ3n) is 4.18. The van der Waals surface area contributed by atoms with Crippen LogP contribution in [-0.2, 0) is 16.1 Å². The van der Waals surface area contributed by atoms with E-state index in [1.165, 1.54) is 31.4 Å². The van der Waals surface area contributed by atoms with Gasteiger partial charge in [0.15, 0.2) is 0 Å². The number of terminal acetylenes is 1. The molecule has 1 aromatic heterocycles. The first-order valence-corrected chi connectivity index (χ1v) is 9.18. The van der Waals surface area contributed by atoms with Crippen LogP contribution in [-0.4, -0.2) is 41.4 Å². The van der Waals surface area contributed by atoms with E-state index in [4.69, 9.17) is 27.2 Å². The number of nitrogens with one attached hydrogen (secondary N) is 1. The fourth-order valence-electron chi connectivity index (χ4n) is 2.79. The van der Waals surface area contributed by atoms with Gasteiger partial charge in [-0.1, -0.05) is 17.5 Å². The highest BCUT2D eigenvalue weighted by Crippen LogP contribution is 2.37. The number of imide groups is 1. The number of nitro groups is 1. The van der Waals surface area contributed by atoms with E-state index in [-0.39, 0.29) is 46.7 Å². The number of nitro benzene ring substituents is 1. The molecule has 2 heterocycles. The smallest absolute Gasteiger partial charge is 0.373 e. The zero-order chi connectivity index (χ0) is 23.4. The van der Waals surface area contributed by atoms with E-state index >= 15 is 0 Å². The summed E-state index contributed by atoms with van der Waals surface area (Å²) in [5.74, 6) is 0.643. The number of amides is 3. The van der Waals surface area contributed by atoms with Crippen LogP contribution < -0.4 is 10.1 Å². The Balaban J connectivity index is 1.85. The predicted molar refractivity (Wildman–Crippen MR) is 110 cm³/mol. The van der Waals surface area contributed by atoms with Crippen molar-refractivity contribution >= 4 is 41.3 Å². The van der Waals surface area contributed by atoms with E-state index in [9.17, 15) is 24.5 Å². The van der Waals surface area contributed by atoms with Crippen LogP contribution in [0.25, 0.3) is 6.08 Å². The summed E-state index contributed by atoms with van der Waals surface area (Å²) in [7, 11) is 1.18. The number of urea groups is 1. The molecule has 0 radical (unpaired) electrons. The lowest BCUT2D eigenvalue weighted by Crippen LogP contribution is -2.30. The first kappa shape index (κ1) is 22.4. The normalized spacial score (nSPS) is 14.3. The summed E-state index contributed by atoms with van der Waals surface area (Å²) < 4.78 is 14.9. The number of esters is 1. The molecule has 1 aliphatic rings. The zero-order valence-electron chi connectivity index (χ0n) is 16.4. The number of carbonyl (C=O) groups is 3. The maximum absolute atomic E-state index is 12.7. The summed E-state index contributed by atoms with van der Waals surface area (Å²) in [5, 5.41) is 13.7. The van der Waals surface area contributed by atoms with E-state index < -0.39 is 28.5 Å². The first-order chi connectivity index (χ1) is 15.2. The lowest BCUT2D eigenvalue weighted by atomic mass is 10.1. The van der Waals surface area contributed by atoms with Crippen LogP contribution in [0.2, 0.25) is 5.02 Å². The SMILES string of the molecule is C#CCOc1c(Cl)cc(C=C2NC(=O)N(Cc3ccc(C(=O)OC)o3)C2=O)cc1[N+](=O)[O-]. The Morgan fingerprint density at radius 1 is 1.41 bits per heavy atom. The lowest BCUT2D eigenvalue weighted by Gasteiger charge is -2.09. The molecule has 1 fully saturated rings. The van der Waals surface area contributed by atoms with Gasteiger partial charge in [0.2, 0.25) is 11.5 Å². The Morgan fingerprint density at radius 2 is 2.16 bits per heavy atom. The van der Waals surface area contributed by atoms with E-state index in [1.54, 1.807) is 0 Å². The minimum absolute atomic E-state index is 0.0839. The molecule has 164 valence electrons. The van der Waals surface area contributed by atoms with Crippen LogP contribution in [0.5, 0.6) is 5.75 Å².